The minimum Gasteiger partial charge on any atom is -0.494 e. The number of hydrogen-bond donors (Lipinski definition) is 2. The predicted molar refractivity (Wildman–Crippen MR) is 87.2 cm³/mol. The number of carbonyl (C=O) groups is 1. The molecule has 0 fully saturated rings. The molecule has 110 valence electrons. The van der Waals surface area contributed by atoms with Gasteiger partial charge in [0, 0.05) is 20.2 Å². The van der Waals surface area contributed by atoms with Crippen LogP contribution in [0.15, 0.2) is 39.3 Å². The van der Waals surface area contributed by atoms with Crippen molar-refractivity contribution >= 4 is 49.1 Å². The van der Waals surface area contributed by atoms with Crippen LogP contribution in [0.3, 0.4) is 0 Å². The Labute approximate surface area is 137 Å². The van der Waals surface area contributed by atoms with Gasteiger partial charge in [-0.1, -0.05) is 0 Å². The second kappa shape index (κ2) is 6.44. The molecule has 0 bridgehead atoms. The van der Waals surface area contributed by atoms with Gasteiger partial charge in [-0.05, 0) is 62.2 Å². The molecular weight excluding hydrogens is 407 g/mol. The normalized spacial score (nSPS) is 10.3. The highest BCUT2D eigenvalue weighted by Crippen LogP contribution is 2.33. The molecular formula is C14H11Br2FN2O2. The zero-order valence-corrected chi connectivity index (χ0v) is 14.1. The monoisotopic (exact) mass is 416 g/mol. The molecule has 7 heteroatoms. The highest BCUT2D eigenvalue weighted by atomic mass is 79.9. The van der Waals surface area contributed by atoms with Crippen LogP contribution in [0.4, 0.5) is 15.8 Å². The number of ether oxygens (including phenoxy) is 1. The summed E-state index contributed by atoms with van der Waals surface area (Å²) in [7, 11) is 1.34. The molecule has 2 rings (SSSR count). The average molecular weight is 418 g/mol. The first kappa shape index (κ1) is 15.8. The van der Waals surface area contributed by atoms with Crippen molar-refractivity contribution in [2.75, 3.05) is 18.2 Å². The summed E-state index contributed by atoms with van der Waals surface area (Å²) in [6.07, 6.45) is 0. The number of benzene rings is 2. The summed E-state index contributed by atoms with van der Waals surface area (Å²) >= 11 is 6.66. The molecule has 0 spiro atoms. The lowest BCUT2D eigenvalue weighted by Crippen LogP contribution is -2.13. The van der Waals surface area contributed by atoms with E-state index < -0.39 is 5.82 Å². The number of nitrogens with two attached hydrogens (primary N) is 1. The van der Waals surface area contributed by atoms with Gasteiger partial charge in [0.2, 0.25) is 0 Å². The van der Waals surface area contributed by atoms with E-state index in [0.29, 0.717) is 20.3 Å². The summed E-state index contributed by atoms with van der Waals surface area (Å²) in [6, 6.07) is 7.24. The second-order valence-corrected chi connectivity index (χ2v) is 5.87. The maximum atomic E-state index is 13.3. The van der Waals surface area contributed by atoms with E-state index >= 15 is 0 Å². The van der Waals surface area contributed by atoms with Gasteiger partial charge in [0.1, 0.15) is 0 Å². The van der Waals surface area contributed by atoms with Gasteiger partial charge in [-0.3, -0.25) is 4.79 Å². The number of anilines is 2. The fourth-order valence-electron chi connectivity index (χ4n) is 1.70. The predicted octanol–water partition coefficient (Wildman–Crippen LogP) is 4.19. The topological polar surface area (TPSA) is 64.3 Å². The van der Waals surface area contributed by atoms with Crippen molar-refractivity contribution in [3.8, 4) is 5.75 Å². The van der Waals surface area contributed by atoms with Crippen LogP contribution < -0.4 is 15.8 Å². The minimum atomic E-state index is -0.524. The molecule has 0 atom stereocenters. The van der Waals surface area contributed by atoms with Crippen LogP contribution in [0.25, 0.3) is 0 Å². The maximum Gasteiger partial charge on any atom is 0.255 e. The lowest BCUT2D eigenvalue weighted by Gasteiger charge is -2.11. The molecule has 2 aromatic rings. The molecule has 3 N–H and O–H groups in total. The van der Waals surface area contributed by atoms with E-state index in [9.17, 15) is 9.18 Å². The van der Waals surface area contributed by atoms with Gasteiger partial charge >= 0.3 is 0 Å². The van der Waals surface area contributed by atoms with Gasteiger partial charge in [0.25, 0.3) is 5.91 Å². The number of hydrogen-bond acceptors (Lipinski definition) is 3. The first-order valence-corrected chi connectivity index (χ1v) is 7.40. The third-order valence-electron chi connectivity index (χ3n) is 2.72. The van der Waals surface area contributed by atoms with Crippen LogP contribution in [-0.4, -0.2) is 13.0 Å². The molecule has 21 heavy (non-hydrogen) atoms. The SMILES string of the molecule is COc1cc(C(=O)Nc2c(Br)cc(N)cc2Br)ccc1F. The number of amides is 1. The molecule has 0 heterocycles. The van der Waals surface area contributed by atoms with Crippen molar-refractivity contribution in [3.05, 3.63) is 50.7 Å². The largest absolute Gasteiger partial charge is 0.494 e. The Morgan fingerprint density at radius 1 is 1.24 bits per heavy atom. The number of carbonyl (C=O) groups excluding carboxylic acids is 1. The fourth-order valence-corrected chi connectivity index (χ4v) is 3.12. The zero-order chi connectivity index (χ0) is 15.6. The van der Waals surface area contributed by atoms with E-state index in [0.717, 1.165) is 0 Å². The van der Waals surface area contributed by atoms with Crippen LogP contribution in [0.1, 0.15) is 10.4 Å². The van der Waals surface area contributed by atoms with Crippen LogP contribution in [-0.2, 0) is 0 Å². The lowest BCUT2D eigenvalue weighted by atomic mass is 10.2. The Morgan fingerprint density at radius 2 is 1.86 bits per heavy atom. The van der Waals surface area contributed by atoms with Gasteiger partial charge < -0.3 is 15.8 Å². The first-order chi connectivity index (χ1) is 9.92. The van der Waals surface area contributed by atoms with Gasteiger partial charge in [-0.15, -0.1) is 0 Å². The van der Waals surface area contributed by atoms with Crippen LogP contribution in [0.5, 0.6) is 5.75 Å². The molecule has 1 amide bonds. The van der Waals surface area contributed by atoms with E-state index in [4.69, 9.17) is 10.5 Å². The third-order valence-corrected chi connectivity index (χ3v) is 3.97. The summed E-state index contributed by atoms with van der Waals surface area (Å²) in [6.45, 7) is 0. The quantitative estimate of drug-likeness (QED) is 0.735. The van der Waals surface area contributed by atoms with E-state index in [-0.39, 0.29) is 17.2 Å². The van der Waals surface area contributed by atoms with Crippen LogP contribution in [0.2, 0.25) is 0 Å². The Hall–Kier alpha value is -1.60. The molecule has 0 aliphatic carbocycles. The minimum absolute atomic E-state index is 0.0121. The van der Waals surface area contributed by atoms with Crippen molar-refractivity contribution in [1.82, 2.24) is 0 Å². The van der Waals surface area contributed by atoms with Crippen molar-refractivity contribution in [1.29, 1.82) is 0 Å². The number of halogens is 3. The number of nitrogens with one attached hydrogen (secondary N) is 1. The number of nitrogen functional groups attached to an aromatic ring is 1. The standard InChI is InChI=1S/C14H11Br2FN2O2/c1-21-12-4-7(2-3-11(12)17)14(20)19-13-9(15)5-8(18)6-10(13)16/h2-6H,18H2,1H3,(H,19,20). The zero-order valence-electron chi connectivity index (χ0n) is 10.9. The van der Waals surface area contributed by atoms with Crippen LogP contribution >= 0.6 is 31.9 Å². The Kier molecular flexibility index (Phi) is 4.84. The Bertz CT molecular complexity index is 684. The third kappa shape index (κ3) is 3.54. The second-order valence-electron chi connectivity index (χ2n) is 4.16. The number of methoxy groups -OCH3 is 1. The summed E-state index contributed by atoms with van der Waals surface area (Å²) in [5.41, 5.74) is 7.07. The maximum absolute atomic E-state index is 13.3. The van der Waals surface area contributed by atoms with Crippen molar-refractivity contribution in [2.45, 2.75) is 0 Å². The van der Waals surface area contributed by atoms with Gasteiger partial charge in [0.05, 0.1) is 12.8 Å². The molecule has 0 aliphatic heterocycles. The molecule has 0 radical (unpaired) electrons. The summed E-state index contributed by atoms with van der Waals surface area (Å²) < 4.78 is 19.5. The van der Waals surface area contributed by atoms with E-state index in [1.54, 1.807) is 12.1 Å². The summed E-state index contributed by atoms with van der Waals surface area (Å²) in [4.78, 5) is 12.2. The first-order valence-electron chi connectivity index (χ1n) is 5.81. The van der Waals surface area contributed by atoms with E-state index in [1.165, 1.54) is 25.3 Å². The Balaban J connectivity index is 2.30. The number of rotatable bonds is 3. The smallest absolute Gasteiger partial charge is 0.255 e. The lowest BCUT2D eigenvalue weighted by molar-refractivity contribution is 0.102. The van der Waals surface area contributed by atoms with E-state index in [2.05, 4.69) is 37.2 Å². The van der Waals surface area contributed by atoms with Gasteiger partial charge in [-0.25, -0.2) is 4.39 Å². The molecule has 2 aromatic carbocycles. The summed E-state index contributed by atoms with van der Waals surface area (Å²) in [5, 5.41) is 2.73. The molecule has 0 saturated carbocycles. The fraction of sp³-hybridized carbons (Fsp3) is 0.0714. The van der Waals surface area contributed by atoms with Crippen LogP contribution in [0, 0.1) is 5.82 Å². The Morgan fingerprint density at radius 3 is 2.43 bits per heavy atom. The van der Waals surface area contributed by atoms with Gasteiger partial charge in [-0.2, -0.15) is 0 Å². The van der Waals surface area contributed by atoms with Crippen molar-refractivity contribution in [3.63, 3.8) is 0 Å². The van der Waals surface area contributed by atoms with Crippen molar-refractivity contribution < 1.29 is 13.9 Å². The average Bonchev–Trinajstić information content (AvgIpc) is 2.43. The molecule has 0 aromatic heterocycles. The van der Waals surface area contributed by atoms with E-state index in [1.807, 2.05) is 0 Å². The molecule has 0 unspecified atom stereocenters. The highest BCUT2D eigenvalue weighted by molar-refractivity contribution is 9.11. The van der Waals surface area contributed by atoms with Crippen molar-refractivity contribution in [2.24, 2.45) is 0 Å². The molecule has 0 saturated heterocycles. The van der Waals surface area contributed by atoms with Gasteiger partial charge in [0.15, 0.2) is 11.6 Å². The molecule has 4 nitrogen and oxygen atoms in total. The highest BCUT2D eigenvalue weighted by Gasteiger charge is 2.14. The molecule has 0 aliphatic rings. The summed E-state index contributed by atoms with van der Waals surface area (Å²) in [5.74, 6) is -0.901.